The van der Waals surface area contributed by atoms with Gasteiger partial charge >= 0.3 is 0 Å². The van der Waals surface area contributed by atoms with E-state index in [1.165, 1.54) is 5.56 Å². The third-order valence-corrected chi connectivity index (χ3v) is 4.65. The number of rotatable bonds is 10. The molecule has 1 amide bonds. The van der Waals surface area contributed by atoms with Crippen molar-refractivity contribution in [3.8, 4) is 0 Å². The van der Waals surface area contributed by atoms with E-state index < -0.39 is 0 Å². The Balaban J connectivity index is 1.71. The lowest BCUT2D eigenvalue weighted by molar-refractivity contribution is -0.119. The Morgan fingerprint density at radius 1 is 1.24 bits per heavy atom. The fourth-order valence-corrected chi connectivity index (χ4v) is 3.34. The van der Waals surface area contributed by atoms with E-state index in [1.807, 2.05) is 25.1 Å². The highest BCUT2D eigenvalue weighted by atomic mass is 16.5. The van der Waals surface area contributed by atoms with Crippen molar-refractivity contribution in [3.63, 3.8) is 0 Å². The monoisotopic (exact) mass is 403 g/mol. The van der Waals surface area contributed by atoms with Crippen molar-refractivity contribution in [2.45, 2.75) is 33.3 Å². The fourth-order valence-electron chi connectivity index (χ4n) is 3.34. The van der Waals surface area contributed by atoms with Crippen molar-refractivity contribution in [1.82, 2.24) is 20.9 Å². The predicted molar refractivity (Wildman–Crippen MR) is 118 cm³/mol. The van der Waals surface area contributed by atoms with Gasteiger partial charge in [-0.2, -0.15) is 0 Å². The van der Waals surface area contributed by atoms with E-state index in [-0.39, 0.29) is 18.6 Å². The van der Waals surface area contributed by atoms with Gasteiger partial charge in [-0.1, -0.05) is 44.2 Å². The number of nitrogens with one attached hydrogen (secondary N) is 3. The molecule has 1 aliphatic heterocycles. The summed E-state index contributed by atoms with van der Waals surface area (Å²) in [6.07, 6.45) is 0.951. The molecule has 1 aromatic carbocycles. The van der Waals surface area contributed by atoms with Crippen molar-refractivity contribution in [2.75, 3.05) is 52.4 Å². The lowest BCUT2D eigenvalue weighted by Gasteiger charge is -2.34. The summed E-state index contributed by atoms with van der Waals surface area (Å²) in [5.74, 6) is 1.23. The van der Waals surface area contributed by atoms with Gasteiger partial charge in [0.1, 0.15) is 6.54 Å². The van der Waals surface area contributed by atoms with Crippen LogP contribution >= 0.6 is 0 Å². The maximum atomic E-state index is 12.1. The van der Waals surface area contributed by atoms with E-state index in [0.717, 1.165) is 39.2 Å². The van der Waals surface area contributed by atoms with Gasteiger partial charge in [-0.15, -0.1) is 0 Å². The number of aliphatic imine (C=N–C) groups is 1. The number of morpholine rings is 1. The number of nitrogens with zero attached hydrogens (tertiary/aromatic N) is 2. The summed E-state index contributed by atoms with van der Waals surface area (Å²) in [6.45, 7) is 12.4. The zero-order valence-electron chi connectivity index (χ0n) is 18.1. The van der Waals surface area contributed by atoms with Gasteiger partial charge < -0.3 is 20.7 Å². The molecule has 1 fully saturated rings. The molecule has 7 nitrogen and oxygen atoms in total. The summed E-state index contributed by atoms with van der Waals surface area (Å²) in [6, 6.07) is 10.1. The molecule has 1 unspecified atom stereocenters. The van der Waals surface area contributed by atoms with Crippen LogP contribution in [0.5, 0.6) is 0 Å². The van der Waals surface area contributed by atoms with Crippen LogP contribution in [0.15, 0.2) is 35.3 Å². The van der Waals surface area contributed by atoms with Crippen LogP contribution in [0.3, 0.4) is 0 Å². The number of ether oxygens (including phenoxy) is 1. The molecule has 0 aromatic heterocycles. The lowest BCUT2D eigenvalue weighted by Crippen LogP contribution is -2.50. The second-order valence-corrected chi connectivity index (χ2v) is 7.81. The molecule has 0 saturated carbocycles. The van der Waals surface area contributed by atoms with Gasteiger partial charge in [0.05, 0.1) is 12.7 Å². The molecule has 3 N–H and O–H groups in total. The van der Waals surface area contributed by atoms with Crippen LogP contribution < -0.4 is 16.0 Å². The summed E-state index contributed by atoms with van der Waals surface area (Å²) in [4.78, 5) is 18.9. The first-order valence-electron chi connectivity index (χ1n) is 10.7. The van der Waals surface area contributed by atoms with Crippen LogP contribution in [-0.2, 0) is 16.0 Å². The Morgan fingerprint density at radius 3 is 2.76 bits per heavy atom. The Bertz CT molecular complexity index is 621. The average Bonchev–Trinajstić information content (AvgIpc) is 2.71. The van der Waals surface area contributed by atoms with E-state index in [9.17, 15) is 4.79 Å². The van der Waals surface area contributed by atoms with Gasteiger partial charge in [-0.3, -0.25) is 9.69 Å². The molecule has 0 aliphatic carbocycles. The highest BCUT2D eigenvalue weighted by molar-refractivity contribution is 5.84. The summed E-state index contributed by atoms with van der Waals surface area (Å²) >= 11 is 0. The molecular formula is C22H37N5O2. The smallest absolute Gasteiger partial charge is 0.241 e. The van der Waals surface area contributed by atoms with Crippen molar-refractivity contribution in [2.24, 2.45) is 10.9 Å². The highest BCUT2D eigenvalue weighted by Crippen LogP contribution is 2.07. The molecule has 0 bridgehead atoms. The molecule has 1 aliphatic rings. The second kappa shape index (κ2) is 13.2. The predicted octanol–water partition coefficient (Wildman–Crippen LogP) is 1.26. The number of hydrogen-bond acceptors (Lipinski definition) is 4. The SMILES string of the molecule is CCNC(=NCC(=O)NCCc1ccccc1)NCC1CN(CC(C)C)CCO1. The lowest BCUT2D eigenvalue weighted by atomic mass is 10.1. The van der Waals surface area contributed by atoms with Gasteiger partial charge in [0.25, 0.3) is 0 Å². The molecule has 1 heterocycles. The molecule has 1 aromatic rings. The van der Waals surface area contributed by atoms with Crippen LogP contribution in [0.2, 0.25) is 0 Å². The van der Waals surface area contributed by atoms with Crippen LogP contribution in [0.4, 0.5) is 0 Å². The van der Waals surface area contributed by atoms with E-state index in [0.29, 0.717) is 25.0 Å². The van der Waals surface area contributed by atoms with Gasteiger partial charge in [0.15, 0.2) is 5.96 Å². The second-order valence-electron chi connectivity index (χ2n) is 7.81. The maximum absolute atomic E-state index is 12.1. The van der Waals surface area contributed by atoms with E-state index >= 15 is 0 Å². The van der Waals surface area contributed by atoms with E-state index in [1.54, 1.807) is 0 Å². The van der Waals surface area contributed by atoms with Crippen molar-refractivity contribution in [1.29, 1.82) is 0 Å². The molecule has 0 radical (unpaired) electrons. The zero-order valence-corrected chi connectivity index (χ0v) is 18.1. The maximum Gasteiger partial charge on any atom is 0.241 e. The highest BCUT2D eigenvalue weighted by Gasteiger charge is 2.21. The number of carbonyl (C=O) groups is 1. The number of carbonyl (C=O) groups excluding carboxylic acids is 1. The summed E-state index contributed by atoms with van der Waals surface area (Å²) in [5, 5.41) is 9.43. The molecule has 2 rings (SSSR count). The number of guanidine groups is 1. The van der Waals surface area contributed by atoms with E-state index in [4.69, 9.17) is 4.74 Å². The van der Waals surface area contributed by atoms with Crippen LogP contribution in [-0.4, -0.2) is 75.3 Å². The van der Waals surface area contributed by atoms with Crippen molar-refractivity contribution in [3.05, 3.63) is 35.9 Å². The first-order valence-corrected chi connectivity index (χ1v) is 10.7. The minimum atomic E-state index is -0.0739. The normalized spacial score (nSPS) is 17.9. The minimum absolute atomic E-state index is 0.0739. The Hall–Kier alpha value is -2.12. The first kappa shape index (κ1) is 23.2. The third-order valence-electron chi connectivity index (χ3n) is 4.65. The molecule has 1 saturated heterocycles. The van der Waals surface area contributed by atoms with Gasteiger partial charge in [-0.25, -0.2) is 4.99 Å². The number of benzene rings is 1. The quantitative estimate of drug-likeness (QED) is 0.405. The summed E-state index contributed by atoms with van der Waals surface area (Å²) in [7, 11) is 0. The molecule has 0 spiro atoms. The fraction of sp³-hybridized carbons (Fsp3) is 0.636. The van der Waals surface area contributed by atoms with E-state index in [2.05, 4.69) is 51.8 Å². The zero-order chi connectivity index (χ0) is 20.9. The summed E-state index contributed by atoms with van der Waals surface area (Å²) < 4.78 is 5.87. The third kappa shape index (κ3) is 9.76. The molecule has 162 valence electrons. The van der Waals surface area contributed by atoms with Crippen molar-refractivity contribution < 1.29 is 9.53 Å². The number of amides is 1. The van der Waals surface area contributed by atoms with Gasteiger partial charge in [0.2, 0.25) is 5.91 Å². The Morgan fingerprint density at radius 2 is 2.03 bits per heavy atom. The number of hydrogen-bond donors (Lipinski definition) is 3. The van der Waals surface area contributed by atoms with Crippen LogP contribution in [0, 0.1) is 5.92 Å². The topological polar surface area (TPSA) is 78.0 Å². The molecule has 7 heteroatoms. The first-order chi connectivity index (χ1) is 14.1. The molecule has 1 atom stereocenters. The minimum Gasteiger partial charge on any atom is -0.374 e. The molecular weight excluding hydrogens is 366 g/mol. The van der Waals surface area contributed by atoms with Crippen LogP contribution in [0.1, 0.15) is 26.3 Å². The molecule has 29 heavy (non-hydrogen) atoms. The summed E-state index contributed by atoms with van der Waals surface area (Å²) in [5.41, 5.74) is 1.21. The standard InChI is InChI=1S/C22H37N5O2/c1-4-23-22(25-14-20-17-27(12-13-29-20)16-18(2)3)26-15-21(28)24-11-10-19-8-6-5-7-9-19/h5-9,18,20H,4,10-17H2,1-3H3,(H,24,28)(H2,23,25,26). The largest absolute Gasteiger partial charge is 0.374 e. The Labute approximate surface area is 175 Å². The average molecular weight is 404 g/mol. The van der Waals surface area contributed by atoms with Crippen LogP contribution in [0.25, 0.3) is 0 Å². The van der Waals surface area contributed by atoms with Gasteiger partial charge in [-0.05, 0) is 24.8 Å². The Kier molecular flexibility index (Phi) is 10.5. The van der Waals surface area contributed by atoms with Gasteiger partial charge in [0, 0.05) is 39.3 Å². The van der Waals surface area contributed by atoms with Crippen molar-refractivity contribution >= 4 is 11.9 Å².